The molecule has 0 aliphatic heterocycles. The highest BCUT2D eigenvalue weighted by molar-refractivity contribution is 6.05. The normalized spacial score (nSPS) is 11.2. The summed E-state index contributed by atoms with van der Waals surface area (Å²) in [6.07, 6.45) is 0. The lowest BCUT2D eigenvalue weighted by Crippen LogP contribution is -1.98. The molecular weight excluding hydrogens is 613 g/mol. The van der Waals surface area contributed by atoms with Crippen LogP contribution in [-0.4, -0.2) is 29.9 Å². The zero-order valence-corrected chi connectivity index (χ0v) is 28.4. The molecule has 0 N–H and O–H groups in total. The molecule has 6 aromatic carbocycles. The predicted octanol–water partition coefficient (Wildman–Crippen LogP) is 10.4. The van der Waals surface area contributed by atoms with Crippen molar-refractivity contribution in [2.24, 2.45) is 0 Å². The van der Waals surface area contributed by atoms with E-state index in [0.717, 1.165) is 56.7 Å². The first-order valence-corrected chi connectivity index (χ1v) is 16.7. The van der Waals surface area contributed by atoms with Crippen LogP contribution in [0.3, 0.4) is 0 Å². The molecule has 2 heterocycles. The Balaban J connectivity index is 1.04. The minimum absolute atomic E-state index is 0.705. The first-order chi connectivity index (χ1) is 24.4. The van der Waals surface area contributed by atoms with Crippen LogP contribution in [0.25, 0.3) is 78.1 Å². The summed E-state index contributed by atoms with van der Waals surface area (Å²) < 4.78 is 0. The van der Waals surface area contributed by atoms with E-state index in [0.29, 0.717) is 11.6 Å². The van der Waals surface area contributed by atoms with Gasteiger partial charge in [-0.1, -0.05) is 133 Å². The molecule has 0 radical (unpaired) electrons. The third-order valence-corrected chi connectivity index (χ3v) is 8.99. The van der Waals surface area contributed by atoms with E-state index in [9.17, 15) is 0 Å². The van der Waals surface area contributed by atoms with Gasteiger partial charge in [-0.3, -0.25) is 0 Å². The van der Waals surface area contributed by atoms with E-state index in [1.807, 2.05) is 27.7 Å². The molecule has 0 amide bonds. The predicted molar refractivity (Wildman–Crippen MR) is 202 cm³/mol. The van der Waals surface area contributed by atoms with Crippen molar-refractivity contribution in [2.45, 2.75) is 27.7 Å². The first kappa shape index (κ1) is 30.9. The summed E-state index contributed by atoms with van der Waals surface area (Å²) in [5.74, 6) is 4.32. The highest BCUT2D eigenvalue weighted by Gasteiger charge is 2.12. The molecular formula is C44H34N6. The summed E-state index contributed by atoms with van der Waals surface area (Å²) >= 11 is 0. The molecule has 8 rings (SSSR count). The molecule has 0 saturated carbocycles. The SMILES string of the molecule is Cc1nc(C)nc(-c2ccc(-c3ccc(-c4ccc(-c5ccc(-c6ccc(-c7nc(C)nc(C)n7)cc6)cc5)c5ccccc45)cc3)cc2)n1. The number of hydrogen-bond acceptors (Lipinski definition) is 6. The standard InChI is InChI=1S/C44H34N6/c1-27-45-28(2)48-43(47-27)37-21-13-33(14-22-37)31-9-17-35(18-10-31)39-25-26-40(42-8-6-5-7-41(39)42)36-19-11-32(12-20-36)34-15-23-38(24-16-34)44-49-29(3)46-30(4)50-44/h5-26H,1-4H3. The molecule has 6 heteroatoms. The lowest BCUT2D eigenvalue weighted by Gasteiger charge is -2.13. The van der Waals surface area contributed by atoms with Crippen LogP contribution in [0, 0.1) is 27.7 Å². The Labute approximate surface area is 291 Å². The quantitative estimate of drug-likeness (QED) is 0.179. The van der Waals surface area contributed by atoms with E-state index < -0.39 is 0 Å². The zero-order valence-electron chi connectivity index (χ0n) is 28.4. The van der Waals surface area contributed by atoms with Crippen molar-refractivity contribution >= 4 is 10.8 Å². The van der Waals surface area contributed by atoms with Crippen molar-refractivity contribution in [3.8, 4) is 67.3 Å². The molecule has 0 bridgehead atoms. The summed E-state index contributed by atoms with van der Waals surface area (Å²) in [5.41, 5.74) is 11.4. The van der Waals surface area contributed by atoms with E-state index in [1.165, 1.54) is 33.0 Å². The second-order valence-corrected chi connectivity index (χ2v) is 12.5. The van der Waals surface area contributed by atoms with E-state index in [4.69, 9.17) is 0 Å². The van der Waals surface area contributed by atoms with Gasteiger partial charge in [-0.05, 0) is 83.0 Å². The van der Waals surface area contributed by atoms with Gasteiger partial charge in [-0.25, -0.2) is 29.9 Å². The molecule has 50 heavy (non-hydrogen) atoms. The van der Waals surface area contributed by atoms with Crippen LogP contribution >= 0.6 is 0 Å². The van der Waals surface area contributed by atoms with Crippen LogP contribution in [0.4, 0.5) is 0 Å². The van der Waals surface area contributed by atoms with Gasteiger partial charge >= 0.3 is 0 Å². The fourth-order valence-electron chi connectivity index (χ4n) is 6.60. The van der Waals surface area contributed by atoms with Crippen LogP contribution in [-0.2, 0) is 0 Å². The number of aryl methyl sites for hydroxylation is 4. The molecule has 2 aromatic heterocycles. The smallest absolute Gasteiger partial charge is 0.163 e. The van der Waals surface area contributed by atoms with Crippen molar-refractivity contribution in [1.82, 2.24) is 29.9 Å². The Hall–Kier alpha value is -6.40. The molecule has 0 saturated heterocycles. The largest absolute Gasteiger partial charge is 0.219 e. The molecule has 0 unspecified atom stereocenters. The van der Waals surface area contributed by atoms with E-state index in [2.05, 4.69) is 163 Å². The molecule has 0 aliphatic carbocycles. The zero-order chi connectivity index (χ0) is 34.2. The number of nitrogens with zero attached hydrogens (tertiary/aromatic N) is 6. The van der Waals surface area contributed by atoms with Crippen molar-refractivity contribution < 1.29 is 0 Å². The maximum absolute atomic E-state index is 4.51. The number of fused-ring (bicyclic) bond motifs is 1. The topological polar surface area (TPSA) is 77.3 Å². The Morgan fingerprint density at radius 1 is 0.260 bits per heavy atom. The average Bonchev–Trinajstić information content (AvgIpc) is 3.14. The third-order valence-electron chi connectivity index (χ3n) is 8.99. The molecule has 0 aliphatic rings. The maximum Gasteiger partial charge on any atom is 0.163 e. The van der Waals surface area contributed by atoms with Crippen molar-refractivity contribution in [3.05, 3.63) is 157 Å². The van der Waals surface area contributed by atoms with Crippen molar-refractivity contribution in [3.63, 3.8) is 0 Å². The molecule has 240 valence electrons. The lowest BCUT2D eigenvalue weighted by molar-refractivity contribution is 0.928. The minimum atomic E-state index is 0.705. The summed E-state index contributed by atoms with van der Waals surface area (Å²) in [4.78, 5) is 26.6. The van der Waals surface area contributed by atoms with Gasteiger partial charge in [0.15, 0.2) is 11.6 Å². The van der Waals surface area contributed by atoms with Crippen molar-refractivity contribution in [1.29, 1.82) is 0 Å². The Morgan fingerprint density at radius 3 is 0.820 bits per heavy atom. The van der Waals surface area contributed by atoms with Gasteiger partial charge in [-0.15, -0.1) is 0 Å². The van der Waals surface area contributed by atoms with Crippen LogP contribution in [0.2, 0.25) is 0 Å². The first-order valence-electron chi connectivity index (χ1n) is 16.7. The van der Waals surface area contributed by atoms with Gasteiger partial charge in [0.1, 0.15) is 23.3 Å². The maximum atomic E-state index is 4.51. The van der Waals surface area contributed by atoms with Gasteiger partial charge in [0, 0.05) is 11.1 Å². The summed E-state index contributed by atoms with van der Waals surface area (Å²) in [6, 6.07) is 47.6. The van der Waals surface area contributed by atoms with Crippen LogP contribution in [0.15, 0.2) is 133 Å². The second-order valence-electron chi connectivity index (χ2n) is 12.5. The molecule has 0 fully saturated rings. The fraction of sp³-hybridized carbons (Fsp3) is 0.0909. The summed E-state index contributed by atoms with van der Waals surface area (Å²) in [6.45, 7) is 7.58. The minimum Gasteiger partial charge on any atom is -0.219 e. The van der Waals surface area contributed by atoms with Gasteiger partial charge in [-0.2, -0.15) is 0 Å². The van der Waals surface area contributed by atoms with Gasteiger partial charge < -0.3 is 0 Å². The summed E-state index contributed by atoms with van der Waals surface area (Å²) in [7, 11) is 0. The average molecular weight is 647 g/mol. The van der Waals surface area contributed by atoms with Crippen LogP contribution < -0.4 is 0 Å². The highest BCUT2D eigenvalue weighted by atomic mass is 15.0. The van der Waals surface area contributed by atoms with Gasteiger partial charge in [0.05, 0.1) is 0 Å². The number of aromatic nitrogens is 6. The second kappa shape index (κ2) is 12.9. The van der Waals surface area contributed by atoms with E-state index >= 15 is 0 Å². The van der Waals surface area contributed by atoms with Gasteiger partial charge in [0.2, 0.25) is 0 Å². The van der Waals surface area contributed by atoms with Crippen LogP contribution in [0.5, 0.6) is 0 Å². The Kier molecular flexibility index (Phi) is 7.97. The van der Waals surface area contributed by atoms with Crippen LogP contribution in [0.1, 0.15) is 23.3 Å². The number of hydrogen-bond donors (Lipinski definition) is 0. The number of benzene rings is 6. The molecule has 6 nitrogen and oxygen atoms in total. The summed E-state index contributed by atoms with van der Waals surface area (Å²) in [5, 5.41) is 2.46. The Morgan fingerprint density at radius 2 is 0.520 bits per heavy atom. The highest BCUT2D eigenvalue weighted by Crippen LogP contribution is 2.37. The molecule has 8 aromatic rings. The molecule has 0 spiro atoms. The van der Waals surface area contributed by atoms with E-state index in [-0.39, 0.29) is 0 Å². The van der Waals surface area contributed by atoms with E-state index in [1.54, 1.807) is 0 Å². The number of rotatable bonds is 6. The third kappa shape index (κ3) is 6.15. The lowest BCUT2D eigenvalue weighted by atomic mass is 9.91. The van der Waals surface area contributed by atoms with Crippen molar-refractivity contribution in [2.75, 3.05) is 0 Å². The monoisotopic (exact) mass is 646 g/mol. The van der Waals surface area contributed by atoms with Gasteiger partial charge in [0.25, 0.3) is 0 Å². The Bertz CT molecular complexity index is 2270. The molecule has 0 atom stereocenters. The fourth-order valence-corrected chi connectivity index (χ4v) is 6.60.